The summed E-state index contributed by atoms with van der Waals surface area (Å²) in [4.78, 5) is 12.2. The second kappa shape index (κ2) is 9.18. The Morgan fingerprint density at radius 1 is 1.09 bits per heavy atom. The smallest absolute Gasteiger partial charge is 0.226 e. The highest BCUT2D eigenvalue weighted by molar-refractivity contribution is 5.92. The second-order valence-corrected chi connectivity index (χ2v) is 5.43. The van der Waals surface area contributed by atoms with Crippen LogP contribution in [0.2, 0.25) is 0 Å². The fraction of sp³-hybridized carbons (Fsp3) is 0.278. The van der Waals surface area contributed by atoms with Crippen molar-refractivity contribution in [1.82, 2.24) is 0 Å². The van der Waals surface area contributed by atoms with Crippen LogP contribution in [-0.2, 0) is 4.79 Å². The Bertz CT molecular complexity index is 617. The summed E-state index contributed by atoms with van der Waals surface area (Å²) in [7, 11) is 0. The zero-order valence-corrected chi connectivity index (χ0v) is 14.2. The van der Waals surface area contributed by atoms with Gasteiger partial charge in [-0.25, -0.2) is 0 Å². The van der Waals surface area contributed by atoms with E-state index >= 15 is 0 Å². The van der Waals surface area contributed by atoms with Gasteiger partial charge in [0.1, 0.15) is 5.75 Å². The number of para-hydroxylation sites is 2. The van der Waals surface area contributed by atoms with Gasteiger partial charge in [-0.1, -0.05) is 42.5 Å². The molecule has 5 heteroatoms. The molecule has 3 N–H and O–H groups in total. The standard InChI is InChI=1S/C18H22N2O2.ClH/c1-13(2)22-17-11-7-6-10-16(17)20-18(21)12-15(19)14-8-4-3-5-9-14;/h3-11,13,15H,12,19H2,1-2H3,(H,20,21);1H. The number of hydrogen-bond acceptors (Lipinski definition) is 3. The first-order valence-electron chi connectivity index (χ1n) is 7.42. The normalized spacial score (nSPS) is 11.5. The van der Waals surface area contributed by atoms with E-state index < -0.39 is 0 Å². The number of amides is 1. The lowest BCUT2D eigenvalue weighted by molar-refractivity contribution is -0.116. The number of ether oxygens (including phenoxy) is 1. The second-order valence-electron chi connectivity index (χ2n) is 5.43. The van der Waals surface area contributed by atoms with Crippen LogP contribution in [0.4, 0.5) is 5.69 Å². The SMILES string of the molecule is CC(C)Oc1ccccc1NC(=O)CC(N)c1ccccc1.Cl. The van der Waals surface area contributed by atoms with Gasteiger partial charge in [-0.05, 0) is 31.5 Å². The monoisotopic (exact) mass is 334 g/mol. The van der Waals surface area contributed by atoms with E-state index in [4.69, 9.17) is 10.5 Å². The van der Waals surface area contributed by atoms with Crippen LogP contribution in [0.1, 0.15) is 31.9 Å². The average Bonchev–Trinajstić information content (AvgIpc) is 2.49. The fourth-order valence-electron chi connectivity index (χ4n) is 2.15. The van der Waals surface area contributed by atoms with E-state index in [9.17, 15) is 4.79 Å². The number of carbonyl (C=O) groups is 1. The fourth-order valence-corrected chi connectivity index (χ4v) is 2.15. The molecule has 0 spiro atoms. The number of benzene rings is 2. The first-order valence-corrected chi connectivity index (χ1v) is 7.42. The van der Waals surface area contributed by atoms with E-state index in [2.05, 4.69) is 5.32 Å². The van der Waals surface area contributed by atoms with Gasteiger partial charge in [0.2, 0.25) is 5.91 Å². The molecule has 1 atom stereocenters. The third-order valence-electron chi connectivity index (χ3n) is 3.16. The van der Waals surface area contributed by atoms with E-state index in [0.717, 1.165) is 5.56 Å². The van der Waals surface area contributed by atoms with Gasteiger partial charge in [-0.2, -0.15) is 0 Å². The summed E-state index contributed by atoms with van der Waals surface area (Å²) in [5, 5.41) is 2.87. The number of nitrogens with two attached hydrogens (primary N) is 1. The first-order chi connectivity index (χ1) is 10.6. The zero-order valence-electron chi connectivity index (χ0n) is 13.4. The molecule has 1 amide bonds. The molecule has 0 aliphatic heterocycles. The molecule has 0 aliphatic carbocycles. The van der Waals surface area contributed by atoms with E-state index in [1.165, 1.54) is 0 Å². The van der Waals surface area contributed by atoms with Gasteiger partial charge >= 0.3 is 0 Å². The summed E-state index contributed by atoms with van der Waals surface area (Å²) in [5.74, 6) is 0.537. The highest BCUT2D eigenvalue weighted by Gasteiger charge is 2.13. The zero-order chi connectivity index (χ0) is 15.9. The summed E-state index contributed by atoms with van der Waals surface area (Å²) in [5.41, 5.74) is 7.69. The molecule has 0 saturated heterocycles. The highest BCUT2D eigenvalue weighted by Crippen LogP contribution is 2.25. The summed E-state index contributed by atoms with van der Waals surface area (Å²) >= 11 is 0. The van der Waals surface area contributed by atoms with Crippen LogP contribution in [0.15, 0.2) is 54.6 Å². The van der Waals surface area contributed by atoms with Crippen molar-refractivity contribution in [3.05, 3.63) is 60.2 Å². The quantitative estimate of drug-likeness (QED) is 0.841. The molecule has 0 bridgehead atoms. The van der Waals surface area contributed by atoms with Gasteiger partial charge in [0.05, 0.1) is 11.8 Å². The predicted octanol–water partition coefficient (Wildman–Crippen LogP) is 3.92. The minimum Gasteiger partial charge on any atom is -0.489 e. The molecule has 4 nitrogen and oxygen atoms in total. The molecule has 2 aromatic rings. The van der Waals surface area contributed by atoms with E-state index in [0.29, 0.717) is 11.4 Å². The van der Waals surface area contributed by atoms with Crippen LogP contribution in [0, 0.1) is 0 Å². The van der Waals surface area contributed by atoms with Crippen molar-refractivity contribution in [3.8, 4) is 5.75 Å². The highest BCUT2D eigenvalue weighted by atomic mass is 35.5. The number of rotatable bonds is 6. The third kappa shape index (κ3) is 5.93. The largest absolute Gasteiger partial charge is 0.489 e. The van der Waals surface area contributed by atoms with Crippen molar-refractivity contribution < 1.29 is 9.53 Å². The lowest BCUT2D eigenvalue weighted by Gasteiger charge is -2.16. The number of hydrogen-bond donors (Lipinski definition) is 2. The molecule has 0 aromatic heterocycles. The number of halogens is 1. The van der Waals surface area contributed by atoms with E-state index in [1.54, 1.807) is 0 Å². The molecule has 0 saturated carbocycles. The molecule has 0 aliphatic rings. The molecular formula is C18H23ClN2O2. The van der Waals surface area contributed by atoms with Gasteiger partial charge in [-0.3, -0.25) is 4.79 Å². The Kier molecular flexibility index (Phi) is 7.59. The first kappa shape index (κ1) is 19.0. The Morgan fingerprint density at radius 3 is 2.35 bits per heavy atom. The third-order valence-corrected chi connectivity index (χ3v) is 3.16. The number of carbonyl (C=O) groups excluding carboxylic acids is 1. The molecule has 124 valence electrons. The molecule has 2 rings (SSSR count). The Balaban J connectivity index is 0.00000264. The molecule has 2 aromatic carbocycles. The lowest BCUT2D eigenvalue weighted by Crippen LogP contribution is -2.21. The van der Waals surface area contributed by atoms with Gasteiger partial charge < -0.3 is 15.8 Å². The molecule has 1 unspecified atom stereocenters. The van der Waals surface area contributed by atoms with Crippen LogP contribution in [0.25, 0.3) is 0 Å². The predicted molar refractivity (Wildman–Crippen MR) is 96.1 cm³/mol. The topological polar surface area (TPSA) is 64.3 Å². The van der Waals surface area contributed by atoms with Crippen molar-refractivity contribution in [1.29, 1.82) is 0 Å². The molecular weight excluding hydrogens is 312 g/mol. The van der Waals surface area contributed by atoms with E-state index in [-0.39, 0.29) is 36.9 Å². The van der Waals surface area contributed by atoms with Crippen LogP contribution in [-0.4, -0.2) is 12.0 Å². The van der Waals surface area contributed by atoms with Crippen LogP contribution >= 0.6 is 12.4 Å². The minimum atomic E-state index is -0.320. The summed E-state index contributed by atoms with van der Waals surface area (Å²) in [6, 6.07) is 16.7. The maximum atomic E-state index is 12.2. The summed E-state index contributed by atoms with van der Waals surface area (Å²) in [6.45, 7) is 3.90. The van der Waals surface area contributed by atoms with Crippen molar-refractivity contribution in [2.24, 2.45) is 5.73 Å². The Hall–Kier alpha value is -2.04. The van der Waals surface area contributed by atoms with Gasteiger partial charge in [0, 0.05) is 12.5 Å². The van der Waals surface area contributed by atoms with Gasteiger partial charge in [0.15, 0.2) is 0 Å². The lowest BCUT2D eigenvalue weighted by atomic mass is 10.0. The van der Waals surface area contributed by atoms with Gasteiger partial charge in [0.25, 0.3) is 0 Å². The Morgan fingerprint density at radius 2 is 1.70 bits per heavy atom. The van der Waals surface area contributed by atoms with Crippen molar-refractivity contribution in [2.75, 3.05) is 5.32 Å². The molecule has 0 heterocycles. The summed E-state index contributed by atoms with van der Waals surface area (Å²) < 4.78 is 5.69. The van der Waals surface area contributed by atoms with Crippen LogP contribution < -0.4 is 15.8 Å². The molecule has 0 radical (unpaired) electrons. The maximum Gasteiger partial charge on any atom is 0.226 e. The van der Waals surface area contributed by atoms with Gasteiger partial charge in [-0.15, -0.1) is 12.4 Å². The molecule has 23 heavy (non-hydrogen) atoms. The Labute approximate surface area is 143 Å². The maximum absolute atomic E-state index is 12.2. The van der Waals surface area contributed by atoms with Crippen molar-refractivity contribution in [3.63, 3.8) is 0 Å². The van der Waals surface area contributed by atoms with E-state index in [1.807, 2.05) is 68.4 Å². The molecule has 0 fully saturated rings. The van der Waals surface area contributed by atoms with Crippen LogP contribution in [0.3, 0.4) is 0 Å². The number of anilines is 1. The average molecular weight is 335 g/mol. The van der Waals surface area contributed by atoms with Crippen LogP contribution in [0.5, 0.6) is 5.75 Å². The van der Waals surface area contributed by atoms with Crippen molar-refractivity contribution in [2.45, 2.75) is 32.4 Å². The minimum absolute atomic E-state index is 0. The summed E-state index contributed by atoms with van der Waals surface area (Å²) in [6.07, 6.45) is 0.268. The van der Waals surface area contributed by atoms with Crippen molar-refractivity contribution >= 4 is 24.0 Å². The number of nitrogens with one attached hydrogen (secondary N) is 1.